The molecule has 0 saturated heterocycles. The fraction of sp³-hybridized carbons (Fsp3) is 0.440. The van der Waals surface area contributed by atoms with Crippen LogP contribution in [0, 0.1) is 11.2 Å². The molecule has 0 radical (unpaired) electrons. The minimum atomic E-state index is -0.563. The molecule has 1 heterocycles. The van der Waals surface area contributed by atoms with Crippen molar-refractivity contribution >= 4 is 11.8 Å². The van der Waals surface area contributed by atoms with Crippen LogP contribution in [-0.2, 0) is 16.0 Å². The molecule has 2 aromatic rings. The van der Waals surface area contributed by atoms with Gasteiger partial charge in [-0.1, -0.05) is 39.0 Å². The van der Waals surface area contributed by atoms with Gasteiger partial charge >= 0.3 is 0 Å². The van der Waals surface area contributed by atoms with E-state index in [4.69, 9.17) is 4.74 Å². The van der Waals surface area contributed by atoms with Gasteiger partial charge in [0.05, 0.1) is 6.04 Å². The molecule has 166 valence electrons. The molecule has 0 aliphatic carbocycles. The van der Waals surface area contributed by atoms with Crippen molar-refractivity contribution in [3.05, 3.63) is 65.0 Å². The van der Waals surface area contributed by atoms with Gasteiger partial charge in [-0.2, -0.15) is 0 Å². The van der Waals surface area contributed by atoms with E-state index in [0.717, 1.165) is 11.1 Å². The quantitative estimate of drug-likeness (QED) is 0.778. The van der Waals surface area contributed by atoms with E-state index in [2.05, 4.69) is 5.32 Å². The SMILES string of the molecule is CC(C)NC(=O)COc1ccc2c(c1)[C@@H](c1cccc(F)c1)N(C(=O)C(C)(C)C)CC2. The molecule has 1 aliphatic rings. The monoisotopic (exact) mass is 426 g/mol. The minimum absolute atomic E-state index is 0.00930. The zero-order chi connectivity index (χ0) is 22.8. The predicted octanol–water partition coefficient (Wildman–Crippen LogP) is 4.25. The maximum absolute atomic E-state index is 14.1. The third kappa shape index (κ3) is 5.43. The van der Waals surface area contributed by atoms with Gasteiger partial charge in [0.15, 0.2) is 6.61 Å². The average Bonchev–Trinajstić information content (AvgIpc) is 2.69. The lowest BCUT2D eigenvalue weighted by Crippen LogP contribution is -2.45. The summed E-state index contributed by atoms with van der Waals surface area (Å²) in [5.41, 5.74) is 2.14. The Balaban J connectivity index is 1.98. The molecule has 6 heteroatoms. The van der Waals surface area contributed by atoms with Gasteiger partial charge in [0, 0.05) is 18.0 Å². The maximum atomic E-state index is 14.1. The fourth-order valence-electron chi connectivity index (χ4n) is 3.88. The number of carbonyl (C=O) groups is 2. The van der Waals surface area contributed by atoms with Crippen molar-refractivity contribution in [3.63, 3.8) is 0 Å². The molecule has 2 amide bonds. The molecule has 3 rings (SSSR count). The van der Waals surface area contributed by atoms with Gasteiger partial charge in [-0.05, 0) is 61.2 Å². The zero-order valence-corrected chi connectivity index (χ0v) is 18.9. The first-order valence-corrected chi connectivity index (χ1v) is 10.7. The molecule has 0 unspecified atom stereocenters. The summed E-state index contributed by atoms with van der Waals surface area (Å²) in [4.78, 5) is 27.0. The molecular formula is C25H31FN2O3. The summed E-state index contributed by atoms with van der Waals surface area (Å²) in [6.45, 7) is 9.91. The molecule has 1 N–H and O–H groups in total. The van der Waals surface area contributed by atoms with Gasteiger partial charge in [-0.3, -0.25) is 9.59 Å². The number of hydrogen-bond donors (Lipinski definition) is 1. The van der Waals surface area contributed by atoms with E-state index < -0.39 is 11.5 Å². The Bertz CT molecular complexity index is 965. The lowest BCUT2D eigenvalue weighted by molar-refractivity contribution is -0.141. The van der Waals surface area contributed by atoms with Crippen molar-refractivity contribution < 1.29 is 18.7 Å². The molecule has 5 nitrogen and oxygen atoms in total. The number of ether oxygens (including phenoxy) is 1. The molecular weight excluding hydrogens is 395 g/mol. The van der Waals surface area contributed by atoms with Gasteiger partial charge in [-0.25, -0.2) is 4.39 Å². The smallest absolute Gasteiger partial charge is 0.258 e. The Labute approximate surface area is 183 Å². The third-order valence-corrected chi connectivity index (χ3v) is 5.23. The van der Waals surface area contributed by atoms with Crippen LogP contribution < -0.4 is 10.1 Å². The molecule has 0 bridgehead atoms. The second-order valence-electron chi connectivity index (χ2n) is 9.33. The lowest BCUT2D eigenvalue weighted by Gasteiger charge is -2.41. The number of nitrogens with one attached hydrogen (secondary N) is 1. The number of halogens is 1. The van der Waals surface area contributed by atoms with E-state index in [9.17, 15) is 14.0 Å². The highest BCUT2D eigenvalue weighted by atomic mass is 19.1. The van der Waals surface area contributed by atoms with Gasteiger partial charge in [0.2, 0.25) is 5.91 Å². The lowest BCUT2D eigenvalue weighted by atomic mass is 9.85. The van der Waals surface area contributed by atoms with E-state index >= 15 is 0 Å². The summed E-state index contributed by atoms with van der Waals surface area (Å²) < 4.78 is 19.8. The van der Waals surface area contributed by atoms with E-state index in [1.165, 1.54) is 12.1 Å². The molecule has 2 aromatic carbocycles. The van der Waals surface area contributed by atoms with E-state index in [-0.39, 0.29) is 30.3 Å². The van der Waals surface area contributed by atoms with Crippen molar-refractivity contribution in [1.82, 2.24) is 10.2 Å². The summed E-state index contributed by atoms with van der Waals surface area (Å²) in [6.07, 6.45) is 0.705. The Morgan fingerprint density at radius 3 is 2.58 bits per heavy atom. The van der Waals surface area contributed by atoms with Crippen LogP contribution in [0.1, 0.15) is 57.4 Å². The highest BCUT2D eigenvalue weighted by Crippen LogP contribution is 2.39. The summed E-state index contributed by atoms with van der Waals surface area (Å²) in [5.74, 6) is 0.0173. The van der Waals surface area contributed by atoms with E-state index in [0.29, 0.717) is 24.3 Å². The maximum Gasteiger partial charge on any atom is 0.258 e. The van der Waals surface area contributed by atoms with Crippen molar-refractivity contribution in [2.24, 2.45) is 5.41 Å². The number of amides is 2. The van der Waals surface area contributed by atoms with Crippen molar-refractivity contribution in [2.45, 2.75) is 53.1 Å². The summed E-state index contributed by atoms with van der Waals surface area (Å²) in [5, 5.41) is 2.80. The zero-order valence-electron chi connectivity index (χ0n) is 18.9. The fourth-order valence-corrected chi connectivity index (χ4v) is 3.88. The first-order chi connectivity index (χ1) is 14.6. The van der Waals surface area contributed by atoms with Crippen molar-refractivity contribution in [1.29, 1.82) is 0 Å². The second kappa shape index (κ2) is 9.08. The second-order valence-corrected chi connectivity index (χ2v) is 9.33. The normalized spacial score (nSPS) is 16.1. The Morgan fingerprint density at radius 1 is 1.19 bits per heavy atom. The summed E-state index contributed by atoms with van der Waals surface area (Å²) in [7, 11) is 0. The molecule has 0 spiro atoms. The average molecular weight is 427 g/mol. The van der Waals surface area contributed by atoms with Crippen molar-refractivity contribution in [2.75, 3.05) is 13.2 Å². The summed E-state index contributed by atoms with van der Waals surface area (Å²) >= 11 is 0. The number of nitrogens with zero attached hydrogens (tertiary/aromatic N) is 1. The van der Waals surface area contributed by atoms with E-state index in [1.807, 2.05) is 63.8 Å². The highest BCUT2D eigenvalue weighted by Gasteiger charge is 2.37. The molecule has 1 aliphatic heterocycles. The number of rotatable bonds is 5. The number of fused-ring (bicyclic) bond motifs is 1. The van der Waals surface area contributed by atoms with Gasteiger partial charge < -0.3 is 15.0 Å². The van der Waals surface area contributed by atoms with Crippen LogP contribution in [-0.4, -0.2) is 35.9 Å². The van der Waals surface area contributed by atoms with Crippen LogP contribution in [0.4, 0.5) is 4.39 Å². The topological polar surface area (TPSA) is 58.6 Å². The molecule has 0 aromatic heterocycles. The van der Waals surface area contributed by atoms with Gasteiger partial charge in [-0.15, -0.1) is 0 Å². The Hall–Kier alpha value is -2.89. The van der Waals surface area contributed by atoms with Crippen LogP contribution in [0.2, 0.25) is 0 Å². The number of hydrogen-bond acceptors (Lipinski definition) is 3. The largest absolute Gasteiger partial charge is 0.484 e. The molecule has 31 heavy (non-hydrogen) atoms. The Morgan fingerprint density at radius 2 is 1.94 bits per heavy atom. The standard InChI is InChI=1S/C25H31FN2O3/c1-16(2)27-22(29)15-31-20-10-9-17-11-12-28(24(30)25(3,4)5)23(21(17)14-20)18-7-6-8-19(26)13-18/h6-10,13-14,16,23H,11-12,15H2,1-5H3,(H,27,29)/t23-/m1/s1. The van der Waals surface area contributed by atoms with E-state index in [1.54, 1.807) is 6.07 Å². The highest BCUT2D eigenvalue weighted by molar-refractivity contribution is 5.83. The summed E-state index contributed by atoms with van der Waals surface area (Å²) in [6, 6.07) is 11.7. The van der Waals surface area contributed by atoms with Crippen LogP contribution in [0.5, 0.6) is 5.75 Å². The predicted molar refractivity (Wildman–Crippen MR) is 118 cm³/mol. The van der Waals surface area contributed by atoms with Crippen LogP contribution >= 0.6 is 0 Å². The van der Waals surface area contributed by atoms with Crippen LogP contribution in [0.3, 0.4) is 0 Å². The molecule has 0 fully saturated rings. The Kier molecular flexibility index (Phi) is 6.68. The number of carbonyl (C=O) groups excluding carboxylic acids is 2. The third-order valence-electron chi connectivity index (χ3n) is 5.23. The molecule has 0 saturated carbocycles. The van der Waals surface area contributed by atoms with Crippen LogP contribution in [0.25, 0.3) is 0 Å². The van der Waals surface area contributed by atoms with Gasteiger partial charge in [0.25, 0.3) is 5.91 Å². The first-order valence-electron chi connectivity index (χ1n) is 10.7. The number of benzene rings is 2. The van der Waals surface area contributed by atoms with Crippen molar-refractivity contribution in [3.8, 4) is 5.75 Å². The first kappa shape index (κ1) is 22.8. The van der Waals surface area contributed by atoms with Crippen LogP contribution in [0.15, 0.2) is 42.5 Å². The minimum Gasteiger partial charge on any atom is -0.484 e. The van der Waals surface area contributed by atoms with Gasteiger partial charge in [0.1, 0.15) is 11.6 Å². The molecule has 1 atom stereocenters.